The van der Waals surface area contributed by atoms with Gasteiger partial charge < -0.3 is 20.3 Å². The van der Waals surface area contributed by atoms with Gasteiger partial charge in [-0.3, -0.25) is 4.99 Å². The van der Waals surface area contributed by atoms with Crippen LogP contribution in [-0.4, -0.2) is 44.2 Å². The van der Waals surface area contributed by atoms with Gasteiger partial charge in [-0.1, -0.05) is 23.8 Å². The molecule has 1 aliphatic rings. The summed E-state index contributed by atoms with van der Waals surface area (Å²) in [5.41, 5.74) is 3.66. The van der Waals surface area contributed by atoms with Crippen molar-refractivity contribution in [1.82, 2.24) is 15.6 Å². The molecule has 2 N–H and O–H groups in total. The minimum atomic E-state index is 0.386. The molecule has 6 nitrogen and oxygen atoms in total. The number of ether oxygens (including phenoxy) is 1. The summed E-state index contributed by atoms with van der Waals surface area (Å²) in [5, 5.41) is 6.87. The zero-order valence-electron chi connectivity index (χ0n) is 15.7. The molecule has 1 aromatic carbocycles. The van der Waals surface area contributed by atoms with Crippen LogP contribution in [-0.2, 0) is 6.54 Å². The van der Waals surface area contributed by atoms with Crippen molar-refractivity contribution >= 4 is 11.6 Å². The molecule has 2 aromatic rings. The van der Waals surface area contributed by atoms with Crippen molar-refractivity contribution in [2.75, 3.05) is 32.1 Å². The molecule has 1 aromatic heterocycles. The van der Waals surface area contributed by atoms with Gasteiger partial charge >= 0.3 is 0 Å². The molecule has 6 heteroatoms. The SMILES string of the molecule is CN=C(NCc1ccc(OC)nc1)NC1CCN(c2ccc(C)cc2)C1. The normalized spacial score (nSPS) is 17.3. The molecular formula is C20H27N5O. The summed E-state index contributed by atoms with van der Waals surface area (Å²) in [6, 6.07) is 13.0. The van der Waals surface area contributed by atoms with Crippen molar-refractivity contribution < 1.29 is 4.74 Å². The van der Waals surface area contributed by atoms with Crippen molar-refractivity contribution in [1.29, 1.82) is 0 Å². The van der Waals surface area contributed by atoms with E-state index in [9.17, 15) is 0 Å². The second kappa shape index (κ2) is 8.56. The van der Waals surface area contributed by atoms with Gasteiger partial charge in [-0.2, -0.15) is 0 Å². The Balaban J connectivity index is 1.49. The lowest BCUT2D eigenvalue weighted by atomic mass is 10.2. The van der Waals surface area contributed by atoms with Gasteiger partial charge in [0.2, 0.25) is 5.88 Å². The standard InChI is InChI=1S/C20H27N5O/c1-15-4-7-18(8-5-15)25-11-10-17(14-25)24-20(21-2)23-13-16-6-9-19(26-3)22-12-16/h4-9,12,17H,10-11,13-14H2,1-3H3,(H2,21,23,24). The van der Waals surface area contributed by atoms with E-state index in [0.29, 0.717) is 18.5 Å². The molecule has 0 radical (unpaired) electrons. The number of aliphatic imine (C=N–C) groups is 1. The maximum absolute atomic E-state index is 5.09. The number of hydrogen-bond donors (Lipinski definition) is 2. The smallest absolute Gasteiger partial charge is 0.212 e. The zero-order valence-corrected chi connectivity index (χ0v) is 15.7. The minimum Gasteiger partial charge on any atom is -0.481 e. The third-order valence-corrected chi connectivity index (χ3v) is 4.62. The van der Waals surface area contributed by atoms with Crippen LogP contribution in [0.25, 0.3) is 0 Å². The minimum absolute atomic E-state index is 0.386. The summed E-state index contributed by atoms with van der Waals surface area (Å²) < 4.78 is 5.09. The third-order valence-electron chi connectivity index (χ3n) is 4.62. The van der Waals surface area contributed by atoms with E-state index in [-0.39, 0.29) is 0 Å². The first kappa shape index (κ1) is 18.0. The van der Waals surface area contributed by atoms with Crippen molar-refractivity contribution in [2.45, 2.75) is 25.9 Å². The Hall–Kier alpha value is -2.76. The van der Waals surface area contributed by atoms with Gasteiger partial charge in [-0.05, 0) is 31.0 Å². The lowest BCUT2D eigenvalue weighted by Gasteiger charge is -2.20. The van der Waals surface area contributed by atoms with Gasteiger partial charge in [-0.15, -0.1) is 0 Å². The highest BCUT2D eigenvalue weighted by Gasteiger charge is 2.23. The van der Waals surface area contributed by atoms with Crippen LogP contribution in [0.2, 0.25) is 0 Å². The first-order valence-corrected chi connectivity index (χ1v) is 8.95. The number of benzene rings is 1. The highest BCUT2D eigenvalue weighted by molar-refractivity contribution is 5.80. The van der Waals surface area contributed by atoms with Gasteiger partial charge in [0.15, 0.2) is 5.96 Å². The molecule has 3 rings (SSSR count). The molecule has 1 fully saturated rings. The maximum Gasteiger partial charge on any atom is 0.212 e. The van der Waals surface area contributed by atoms with E-state index in [4.69, 9.17) is 4.74 Å². The van der Waals surface area contributed by atoms with Crippen LogP contribution in [0.1, 0.15) is 17.5 Å². The van der Waals surface area contributed by atoms with E-state index >= 15 is 0 Å². The number of anilines is 1. The highest BCUT2D eigenvalue weighted by atomic mass is 16.5. The fraction of sp³-hybridized carbons (Fsp3) is 0.400. The quantitative estimate of drug-likeness (QED) is 0.638. The number of rotatable bonds is 5. The van der Waals surface area contributed by atoms with Crippen LogP contribution in [0, 0.1) is 6.92 Å². The van der Waals surface area contributed by atoms with Crippen LogP contribution >= 0.6 is 0 Å². The fourth-order valence-corrected chi connectivity index (χ4v) is 3.08. The van der Waals surface area contributed by atoms with E-state index in [0.717, 1.165) is 31.0 Å². The second-order valence-electron chi connectivity index (χ2n) is 6.55. The Kier molecular flexibility index (Phi) is 5.94. The molecule has 0 saturated carbocycles. The van der Waals surface area contributed by atoms with E-state index in [2.05, 4.69) is 56.7 Å². The molecule has 2 heterocycles. The number of guanidine groups is 1. The zero-order chi connectivity index (χ0) is 18.4. The monoisotopic (exact) mass is 353 g/mol. The molecule has 0 aliphatic carbocycles. The summed E-state index contributed by atoms with van der Waals surface area (Å²) in [6.07, 6.45) is 2.91. The predicted molar refractivity (Wildman–Crippen MR) is 106 cm³/mol. The van der Waals surface area contributed by atoms with Crippen LogP contribution < -0.4 is 20.3 Å². The summed E-state index contributed by atoms with van der Waals surface area (Å²) in [7, 11) is 3.42. The van der Waals surface area contributed by atoms with Gasteiger partial charge in [-0.25, -0.2) is 4.98 Å². The molecule has 1 unspecified atom stereocenters. The van der Waals surface area contributed by atoms with E-state index in [1.807, 2.05) is 18.3 Å². The molecular weight excluding hydrogens is 326 g/mol. The average molecular weight is 353 g/mol. The Morgan fingerprint density at radius 2 is 2.08 bits per heavy atom. The van der Waals surface area contributed by atoms with Crippen molar-refractivity contribution in [3.8, 4) is 5.88 Å². The molecule has 138 valence electrons. The summed E-state index contributed by atoms with van der Waals surface area (Å²) in [4.78, 5) is 11.0. The molecule has 26 heavy (non-hydrogen) atoms. The topological polar surface area (TPSA) is 61.8 Å². The largest absolute Gasteiger partial charge is 0.481 e. The molecule has 0 spiro atoms. The fourth-order valence-electron chi connectivity index (χ4n) is 3.08. The first-order chi connectivity index (χ1) is 12.7. The van der Waals surface area contributed by atoms with Crippen molar-refractivity contribution in [3.63, 3.8) is 0 Å². The Morgan fingerprint density at radius 3 is 2.73 bits per heavy atom. The predicted octanol–water partition coefficient (Wildman–Crippen LogP) is 2.34. The molecule has 1 atom stereocenters. The first-order valence-electron chi connectivity index (χ1n) is 8.95. The number of nitrogens with one attached hydrogen (secondary N) is 2. The number of aryl methyl sites for hydroxylation is 1. The molecule has 1 aliphatic heterocycles. The van der Waals surface area contributed by atoms with Crippen LogP contribution in [0.3, 0.4) is 0 Å². The summed E-state index contributed by atoms with van der Waals surface area (Å²) in [5.74, 6) is 1.44. The van der Waals surface area contributed by atoms with Crippen LogP contribution in [0.4, 0.5) is 5.69 Å². The van der Waals surface area contributed by atoms with Crippen LogP contribution in [0.15, 0.2) is 47.6 Å². The van der Waals surface area contributed by atoms with Gasteiger partial charge in [0.05, 0.1) is 7.11 Å². The van der Waals surface area contributed by atoms with Crippen molar-refractivity contribution in [3.05, 3.63) is 53.7 Å². The average Bonchev–Trinajstić information content (AvgIpc) is 3.14. The van der Waals surface area contributed by atoms with Crippen LogP contribution in [0.5, 0.6) is 5.88 Å². The Morgan fingerprint density at radius 1 is 1.27 bits per heavy atom. The van der Waals surface area contributed by atoms with Crippen molar-refractivity contribution in [2.24, 2.45) is 4.99 Å². The Labute approximate surface area is 155 Å². The lowest BCUT2D eigenvalue weighted by Crippen LogP contribution is -2.44. The van der Waals surface area contributed by atoms with E-state index < -0.39 is 0 Å². The number of hydrogen-bond acceptors (Lipinski definition) is 4. The number of pyridine rings is 1. The number of nitrogens with zero attached hydrogens (tertiary/aromatic N) is 3. The number of methoxy groups -OCH3 is 1. The molecule has 1 saturated heterocycles. The number of aromatic nitrogens is 1. The van der Waals surface area contributed by atoms with Gasteiger partial charge in [0.25, 0.3) is 0 Å². The van der Waals surface area contributed by atoms with E-state index in [1.54, 1.807) is 14.2 Å². The second-order valence-corrected chi connectivity index (χ2v) is 6.55. The Bertz CT molecular complexity index is 727. The van der Waals surface area contributed by atoms with Gasteiger partial charge in [0, 0.05) is 50.7 Å². The molecule has 0 bridgehead atoms. The highest BCUT2D eigenvalue weighted by Crippen LogP contribution is 2.20. The summed E-state index contributed by atoms with van der Waals surface area (Å²) >= 11 is 0. The van der Waals surface area contributed by atoms with E-state index in [1.165, 1.54) is 11.3 Å². The van der Waals surface area contributed by atoms with Gasteiger partial charge in [0.1, 0.15) is 0 Å². The summed E-state index contributed by atoms with van der Waals surface area (Å²) in [6.45, 7) is 4.82. The third kappa shape index (κ3) is 4.65. The molecule has 0 amide bonds. The maximum atomic E-state index is 5.09. The lowest BCUT2D eigenvalue weighted by molar-refractivity contribution is 0.397.